The lowest BCUT2D eigenvalue weighted by Gasteiger charge is -2.29. The molecule has 1 saturated heterocycles. The van der Waals surface area contributed by atoms with E-state index in [0.717, 1.165) is 34.5 Å². The van der Waals surface area contributed by atoms with Gasteiger partial charge >= 0.3 is 6.01 Å². The molecule has 0 bridgehead atoms. The second kappa shape index (κ2) is 7.67. The summed E-state index contributed by atoms with van der Waals surface area (Å²) in [4.78, 5) is 11.5. The van der Waals surface area contributed by atoms with Crippen molar-refractivity contribution in [3.63, 3.8) is 0 Å². The van der Waals surface area contributed by atoms with E-state index in [1.807, 2.05) is 22.7 Å². The van der Waals surface area contributed by atoms with Crippen LogP contribution in [0.3, 0.4) is 0 Å². The summed E-state index contributed by atoms with van der Waals surface area (Å²) in [6.07, 6.45) is 5.98. The van der Waals surface area contributed by atoms with Gasteiger partial charge in [-0.25, -0.2) is 4.98 Å². The zero-order valence-electron chi connectivity index (χ0n) is 15.1. The molecular weight excluding hydrogens is 406 g/mol. The highest BCUT2D eigenvalue weighted by Gasteiger charge is 2.20. The molecular formula is C20H20BrN5O. The molecule has 1 atom stereocenters. The largest absolute Gasteiger partial charge is 0.464 e. The second-order valence-electron chi connectivity index (χ2n) is 6.95. The van der Waals surface area contributed by atoms with Gasteiger partial charge in [0.25, 0.3) is 0 Å². The first kappa shape index (κ1) is 18.0. The van der Waals surface area contributed by atoms with E-state index in [1.165, 1.54) is 12.8 Å². The van der Waals surface area contributed by atoms with Crippen molar-refractivity contribution in [1.29, 1.82) is 5.26 Å². The van der Waals surface area contributed by atoms with Crippen LogP contribution in [0.15, 0.2) is 41.1 Å². The van der Waals surface area contributed by atoms with Crippen molar-refractivity contribution >= 4 is 21.6 Å². The Hall–Kier alpha value is -2.43. The molecule has 0 unspecified atom stereocenters. The number of hydrogen-bond acceptors (Lipinski definition) is 5. The molecule has 0 spiro atoms. The van der Waals surface area contributed by atoms with Gasteiger partial charge in [-0.1, -0.05) is 12.1 Å². The summed E-state index contributed by atoms with van der Waals surface area (Å²) in [5, 5.41) is 9.01. The topological polar surface area (TPSA) is 66.5 Å². The first-order chi connectivity index (χ1) is 13.2. The summed E-state index contributed by atoms with van der Waals surface area (Å²) >= 11 is 3.63. The van der Waals surface area contributed by atoms with Gasteiger partial charge in [0.2, 0.25) is 0 Å². The molecule has 0 aliphatic carbocycles. The zero-order valence-corrected chi connectivity index (χ0v) is 16.7. The van der Waals surface area contributed by atoms with Gasteiger partial charge in [0.15, 0.2) is 5.65 Å². The van der Waals surface area contributed by atoms with E-state index in [2.05, 4.69) is 38.9 Å². The minimum Gasteiger partial charge on any atom is -0.464 e. The van der Waals surface area contributed by atoms with Crippen molar-refractivity contribution < 1.29 is 4.74 Å². The van der Waals surface area contributed by atoms with Crippen molar-refractivity contribution in [2.24, 2.45) is 5.92 Å². The Bertz CT molecular complexity index is 992. The highest BCUT2D eigenvalue weighted by Crippen LogP contribution is 2.32. The lowest BCUT2D eigenvalue weighted by Crippen LogP contribution is -2.35. The van der Waals surface area contributed by atoms with E-state index in [4.69, 9.17) is 15.0 Å². The van der Waals surface area contributed by atoms with E-state index in [0.29, 0.717) is 24.1 Å². The van der Waals surface area contributed by atoms with Crippen LogP contribution < -0.4 is 4.74 Å². The SMILES string of the molecule is CN1CCC[C@@H](COc2nc(-c3ccc(C#N)cc3)c(Br)c3nccn23)C1. The number of likely N-dealkylation sites (tertiary alicyclic amines) is 1. The summed E-state index contributed by atoms with van der Waals surface area (Å²) in [5.41, 5.74) is 3.05. The van der Waals surface area contributed by atoms with E-state index in [1.54, 1.807) is 18.3 Å². The molecule has 3 aromatic rings. The van der Waals surface area contributed by atoms with E-state index < -0.39 is 0 Å². The molecule has 1 aliphatic heterocycles. The number of benzene rings is 1. The zero-order chi connectivity index (χ0) is 18.8. The maximum atomic E-state index is 9.01. The Kier molecular flexibility index (Phi) is 5.10. The first-order valence-electron chi connectivity index (χ1n) is 9.00. The quantitative estimate of drug-likeness (QED) is 0.636. The number of rotatable bonds is 4. The Morgan fingerprint density at radius 3 is 2.89 bits per heavy atom. The van der Waals surface area contributed by atoms with Gasteiger partial charge < -0.3 is 9.64 Å². The second-order valence-corrected chi connectivity index (χ2v) is 7.74. The van der Waals surface area contributed by atoms with Gasteiger partial charge in [0.1, 0.15) is 0 Å². The molecule has 27 heavy (non-hydrogen) atoms. The third-order valence-electron chi connectivity index (χ3n) is 4.92. The van der Waals surface area contributed by atoms with Crippen molar-refractivity contribution in [3.05, 3.63) is 46.7 Å². The average Bonchev–Trinajstić information content (AvgIpc) is 3.18. The van der Waals surface area contributed by atoms with Gasteiger partial charge in [-0.15, -0.1) is 0 Å². The summed E-state index contributed by atoms with van der Waals surface area (Å²) in [7, 11) is 2.15. The monoisotopic (exact) mass is 425 g/mol. The van der Waals surface area contributed by atoms with Crippen molar-refractivity contribution in [2.75, 3.05) is 26.7 Å². The Balaban J connectivity index is 1.66. The van der Waals surface area contributed by atoms with E-state index in [9.17, 15) is 0 Å². The van der Waals surface area contributed by atoms with Crippen LogP contribution in [0.5, 0.6) is 6.01 Å². The molecule has 7 heteroatoms. The average molecular weight is 426 g/mol. The number of nitrogens with zero attached hydrogens (tertiary/aromatic N) is 5. The Morgan fingerprint density at radius 1 is 1.33 bits per heavy atom. The fourth-order valence-electron chi connectivity index (χ4n) is 3.52. The lowest BCUT2D eigenvalue weighted by atomic mass is 10.00. The third kappa shape index (κ3) is 3.68. The van der Waals surface area contributed by atoms with Crippen LogP contribution in [0.4, 0.5) is 0 Å². The molecule has 0 amide bonds. The van der Waals surface area contributed by atoms with Gasteiger partial charge in [-0.2, -0.15) is 10.2 Å². The van der Waals surface area contributed by atoms with E-state index in [-0.39, 0.29) is 0 Å². The minimum atomic E-state index is 0.506. The van der Waals surface area contributed by atoms with Crippen LogP contribution >= 0.6 is 15.9 Å². The van der Waals surface area contributed by atoms with Crippen molar-refractivity contribution in [1.82, 2.24) is 19.3 Å². The molecule has 1 fully saturated rings. The Labute approximate surface area is 166 Å². The number of fused-ring (bicyclic) bond motifs is 1. The van der Waals surface area contributed by atoms with Crippen LogP contribution in [0.25, 0.3) is 16.9 Å². The van der Waals surface area contributed by atoms with Crippen molar-refractivity contribution in [2.45, 2.75) is 12.8 Å². The number of imidazole rings is 1. The maximum absolute atomic E-state index is 9.01. The van der Waals surface area contributed by atoms with Gasteiger partial charge in [0.05, 0.1) is 28.4 Å². The van der Waals surface area contributed by atoms with Crippen molar-refractivity contribution in [3.8, 4) is 23.3 Å². The number of hydrogen-bond donors (Lipinski definition) is 0. The molecule has 4 rings (SSSR count). The first-order valence-corrected chi connectivity index (χ1v) is 9.79. The molecule has 0 saturated carbocycles. The third-order valence-corrected chi connectivity index (χ3v) is 5.65. The van der Waals surface area contributed by atoms with Crippen LogP contribution in [0, 0.1) is 17.2 Å². The fraction of sp³-hybridized carbons (Fsp3) is 0.350. The number of nitriles is 1. The van der Waals surface area contributed by atoms with Gasteiger partial charge in [-0.05, 0) is 54.5 Å². The molecule has 6 nitrogen and oxygen atoms in total. The van der Waals surface area contributed by atoms with Crippen LogP contribution in [0.1, 0.15) is 18.4 Å². The minimum absolute atomic E-state index is 0.506. The lowest BCUT2D eigenvalue weighted by molar-refractivity contribution is 0.143. The molecule has 1 aliphatic rings. The normalized spacial score (nSPS) is 17.7. The molecule has 1 aromatic carbocycles. The summed E-state index contributed by atoms with van der Waals surface area (Å²) < 4.78 is 8.81. The standard InChI is InChI=1S/C20H20BrN5O/c1-25-9-2-3-15(12-25)13-27-20-24-18(16-6-4-14(11-22)5-7-16)17(21)19-23-8-10-26(19)20/h4-8,10,15H,2-3,9,12-13H2,1H3/t15-/m1/s1. The van der Waals surface area contributed by atoms with E-state index >= 15 is 0 Å². The summed E-state index contributed by atoms with van der Waals surface area (Å²) in [5.74, 6) is 0.506. The smallest absolute Gasteiger partial charge is 0.302 e. The summed E-state index contributed by atoms with van der Waals surface area (Å²) in [6.45, 7) is 2.84. The highest BCUT2D eigenvalue weighted by molar-refractivity contribution is 9.10. The maximum Gasteiger partial charge on any atom is 0.302 e. The predicted molar refractivity (Wildman–Crippen MR) is 107 cm³/mol. The number of piperidine rings is 1. The fourth-order valence-corrected chi connectivity index (χ4v) is 4.13. The molecule has 0 radical (unpaired) electrons. The summed E-state index contributed by atoms with van der Waals surface area (Å²) in [6, 6.07) is 10.0. The van der Waals surface area contributed by atoms with Gasteiger partial charge in [0, 0.05) is 30.4 Å². The van der Waals surface area contributed by atoms with Crippen LogP contribution in [-0.2, 0) is 0 Å². The number of ether oxygens (including phenoxy) is 1. The Morgan fingerprint density at radius 2 is 2.15 bits per heavy atom. The predicted octanol–water partition coefficient (Wildman–Crippen LogP) is 3.75. The molecule has 0 N–H and O–H groups in total. The molecule has 2 aromatic heterocycles. The number of halogens is 1. The van der Waals surface area contributed by atoms with Crippen LogP contribution in [-0.4, -0.2) is 46.0 Å². The highest BCUT2D eigenvalue weighted by atomic mass is 79.9. The molecule has 138 valence electrons. The van der Waals surface area contributed by atoms with Crippen LogP contribution in [0.2, 0.25) is 0 Å². The molecule has 3 heterocycles. The van der Waals surface area contributed by atoms with Gasteiger partial charge in [-0.3, -0.25) is 4.40 Å². The number of aromatic nitrogens is 3.